The predicted octanol–water partition coefficient (Wildman–Crippen LogP) is 1.30. The number of H-pyrrole nitrogens is 1. The summed E-state index contributed by atoms with van der Waals surface area (Å²) in [5.74, 6) is -0.460. The van der Waals surface area contributed by atoms with Crippen LogP contribution in [-0.4, -0.2) is 33.6 Å². The number of nitrogens with one attached hydrogen (secondary N) is 1. The van der Waals surface area contributed by atoms with Crippen LogP contribution >= 0.6 is 0 Å². The second-order valence-electron chi connectivity index (χ2n) is 5.19. The maximum Gasteiger partial charge on any atom is 0.147 e. The molecule has 6 nitrogen and oxygen atoms in total. The third-order valence-electron chi connectivity index (χ3n) is 3.78. The second-order valence-corrected chi connectivity index (χ2v) is 5.19. The van der Waals surface area contributed by atoms with Crippen molar-refractivity contribution in [2.75, 3.05) is 18.0 Å². The number of anilines is 1. The molecule has 7 heteroatoms. The number of hydrogen-bond donors (Lipinski definition) is 2. The molecule has 1 aromatic carbocycles. The number of nitriles is 1. The number of hydrogen-bond acceptors (Lipinski definition) is 5. The van der Waals surface area contributed by atoms with Crippen molar-refractivity contribution in [3.63, 3.8) is 0 Å². The number of aromatic amines is 1. The highest BCUT2D eigenvalue weighted by Crippen LogP contribution is 2.33. The second kappa shape index (κ2) is 5.14. The molecule has 1 aromatic heterocycles. The van der Waals surface area contributed by atoms with E-state index in [1.165, 1.54) is 12.3 Å². The van der Waals surface area contributed by atoms with Gasteiger partial charge in [0.05, 0.1) is 30.1 Å². The summed E-state index contributed by atoms with van der Waals surface area (Å²) in [4.78, 5) is 1.77. The molecule has 2 N–H and O–H groups in total. The van der Waals surface area contributed by atoms with E-state index in [0.717, 1.165) is 0 Å². The van der Waals surface area contributed by atoms with Crippen LogP contribution in [0, 0.1) is 17.1 Å². The van der Waals surface area contributed by atoms with Crippen molar-refractivity contribution in [2.45, 2.75) is 18.4 Å². The fourth-order valence-corrected chi connectivity index (χ4v) is 2.71. The molecule has 0 amide bonds. The molecule has 1 aliphatic heterocycles. The first-order valence-electron chi connectivity index (χ1n) is 6.66. The van der Waals surface area contributed by atoms with Gasteiger partial charge in [0, 0.05) is 6.54 Å². The Kier molecular flexibility index (Phi) is 3.31. The Morgan fingerprint density at radius 3 is 3.00 bits per heavy atom. The van der Waals surface area contributed by atoms with Crippen molar-refractivity contribution < 1.29 is 9.50 Å². The van der Waals surface area contributed by atoms with Gasteiger partial charge in [-0.15, -0.1) is 0 Å². The molecule has 108 valence electrons. The summed E-state index contributed by atoms with van der Waals surface area (Å²) in [6.07, 6.45) is 2.75. The van der Waals surface area contributed by atoms with E-state index in [-0.39, 0.29) is 12.1 Å². The van der Waals surface area contributed by atoms with E-state index >= 15 is 0 Å². The summed E-state index contributed by atoms with van der Waals surface area (Å²) in [5, 5.41) is 29.6. The van der Waals surface area contributed by atoms with Crippen LogP contribution in [0.2, 0.25) is 0 Å². The van der Waals surface area contributed by atoms with Crippen LogP contribution in [0.15, 0.2) is 24.4 Å². The quantitative estimate of drug-likeness (QED) is 0.869. The molecule has 1 fully saturated rings. The van der Waals surface area contributed by atoms with Gasteiger partial charge in [-0.1, -0.05) is 0 Å². The number of nitrogens with zero attached hydrogens (tertiary/aromatic N) is 4. The van der Waals surface area contributed by atoms with Gasteiger partial charge in [-0.3, -0.25) is 0 Å². The molecular formula is C14H14FN5O. The molecule has 0 spiro atoms. The summed E-state index contributed by atoms with van der Waals surface area (Å²) in [5.41, 5.74) is -0.0251. The van der Waals surface area contributed by atoms with Crippen LogP contribution < -0.4 is 4.90 Å². The largest absolute Gasteiger partial charge is 0.382 e. The number of rotatable bonds is 2. The lowest BCUT2D eigenvalue weighted by molar-refractivity contribution is 0.0175. The molecule has 0 saturated carbocycles. The van der Waals surface area contributed by atoms with E-state index < -0.39 is 11.4 Å². The number of benzene rings is 1. The maximum atomic E-state index is 14.1. The standard InChI is InChI=1S/C14H14FN5O/c15-11-6-10(7-16)2-3-12(11)20-5-1-4-14(21,9-20)13-8-17-19-18-13/h2-3,6,8,21H,1,4-5,9H2,(H,17,18,19)/t14-/m1/s1. The fourth-order valence-electron chi connectivity index (χ4n) is 2.71. The van der Waals surface area contributed by atoms with Gasteiger partial charge in [0.15, 0.2) is 0 Å². The van der Waals surface area contributed by atoms with Crippen LogP contribution in [0.3, 0.4) is 0 Å². The topological polar surface area (TPSA) is 88.8 Å². The highest BCUT2D eigenvalue weighted by Gasteiger charge is 2.37. The molecule has 0 aliphatic carbocycles. The first-order valence-corrected chi connectivity index (χ1v) is 6.66. The highest BCUT2D eigenvalue weighted by atomic mass is 19.1. The van der Waals surface area contributed by atoms with E-state index in [2.05, 4.69) is 15.4 Å². The van der Waals surface area contributed by atoms with Crippen molar-refractivity contribution in [2.24, 2.45) is 0 Å². The van der Waals surface area contributed by atoms with Crippen molar-refractivity contribution in [3.05, 3.63) is 41.5 Å². The van der Waals surface area contributed by atoms with Gasteiger partial charge in [0.25, 0.3) is 0 Å². The van der Waals surface area contributed by atoms with Gasteiger partial charge in [0.1, 0.15) is 17.1 Å². The van der Waals surface area contributed by atoms with Gasteiger partial charge in [-0.05, 0) is 31.0 Å². The van der Waals surface area contributed by atoms with Gasteiger partial charge in [0.2, 0.25) is 0 Å². The highest BCUT2D eigenvalue weighted by molar-refractivity contribution is 5.52. The number of aromatic nitrogens is 3. The molecule has 2 heterocycles. The Morgan fingerprint density at radius 2 is 2.33 bits per heavy atom. The SMILES string of the molecule is N#Cc1ccc(N2CCC[C@](O)(c3cn[nH]n3)C2)c(F)c1. The van der Waals surface area contributed by atoms with Crippen molar-refractivity contribution >= 4 is 5.69 Å². The fraction of sp³-hybridized carbons (Fsp3) is 0.357. The third-order valence-corrected chi connectivity index (χ3v) is 3.78. The summed E-state index contributed by atoms with van der Waals surface area (Å²) >= 11 is 0. The molecule has 1 saturated heterocycles. The minimum Gasteiger partial charge on any atom is -0.382 e. The van der Waals surface area contributed by atoms with Crippen molar-refractivity contribution in [1.29, 1.82) is 5.26 Å². The maximum absolute atomic E-state index is 14.1. The summed E-state index contributed by atoms with van der Waals surface area (Å²) in [6.45, 7) is 0.880. The zero-order valence-corrected chi connectivity index (χ0v) is 11.3. The molecular weight excluding hydrogens is 273 g/mol. The van der Waals surface area contributed by atoms with Crippen molar-refractivity contribution in [1.82, 2.24) is 15.4 Å². The lowest BCUT2D eigenvalue weighted by atomic mass is 9.89. The van der Waals surface area contributed by atoms with E-state index in [0.29, 0.717) is 30.8 Å². The van der Waals surface area contributed by atoms with Crippen molar-refractivity contribution in [3.8, 4) is 6.07 Å². The molecule has 1 aliphatic rings. The van der Waals surface area contributed by atoms with Crippen LogP contribution in [0.5, 0.6) is 0 Å². The molecule has 1 atom stereocenters. The minimum atomic E-state index is -1.15. The van der Waals surface area contributed by atoms with Crippen LogP contribution in [0.25, 0.3) is 0 Å². The average Bonchev–Trinajstić information content (AvgIpc) is 3.02. The number of piperidine rings is 1. The van der Waals surface area contributed by atoms with E-state index in [1.54, 1.807) is 17.0 Å². The zero-order chi connectivity index (χ0) is 14.9. The lowest BCUT2D eigenvalue weighted by Crippen LogP contribution is -2.46. The molecule has 21 heavy (non-hydrogen) atoms. The zero-order valence-electron chi connectivity index (χ0n) is 11.3. The Labute approximate surface area is 120 Å². The first-order chi connectivity index (χ1) is 10.1. The Hall–Kier alpha value is -2.46. The van der Waals surface area contributed by atoms with Gasteiger partial charge in [-0.25, -0.2) is 4.39 Å². The average molecular weight is 287 g/mol. The number of aliphatic hydroxyl groups is 1. The van der Waals surface area contributed by atoms with Gasteiger partial charge in [-0.2, -0.15) is 20.7 Å². The third kappa shape index (κ3) is 2.45. The minimum absolute atomic E-state index is 0.238. The first kappa shape index (κ1) is 13.5. The lowest BCUT2D eigenvalue weighted by Gasteiger charge is -2.39. The van der Waals surface area contributed by atoms with Crippen LogP contribution in [0.4, 0.5) is 10.1 Å². The Balaban J connectivity index is 1.89. The molecule has 0 unspecified atom stereocenters. The van der Waals surface area contributed by atoms with Crippen LogP contribution in [0.1, 0.15) is 24.1 Å². The Bertz CT molecular complexity index is 681. The summed E-state index contributed by atoms with van der Waals surface area (Å²) in [7, 11) is 0. The summed E-state index contributed by atoms with van der Waals surface area (Å²) in [6, 6.07) is 6.26. The molecule has 2 aromatic rings. The normalized spacial score (nSPS) is 22.0. The van der Waals surface area contributed by atoms with E-state index in [9.17, 15) is 9.50 Å². The smallest absolute Gasteiger partial charge is 0.147 e. The monoisotopic (exact) mass is 287 g/mol. The predicted molar refractivity (Wildman–Crippen MR) is 72.8 cm³/mol. The van der Waals surface area contributed by atoms with E-state index in [4.69, 9.17) is 5.26 Å². The van der Waals surface area contributed by atoms with Crippen LogP contribution in [-0.2, 0) is 5.60 Å². The number of β-amino-alcohol motifs (C(OH)–C–C–N with tert-alkyl or cyclic N) is 1. The summed E-state index contributed by atoms with van der Waals surface area (Å²) < 4.78 is 14.1. The van der Waals surface area contributed by atoms with E-state index in [1.807, 2.05) is 6.07 Å². The molecule has 0 radical (unpaired) electrons. The molecule has 3 rings (SSSR count). The van der Waals surface area contributed by atoms with Gasteiger partial charge < -0.3 is 10.0 Å². The molecule has 0 bridgehead atoms. The van der Waals surface area contributed by atoms with Gasteiger partial charge >= 0.3 is 0 Å². The number of halogens is 1. The Morgan fingerprint density at radius 1 is 1.48 bits per heavy atom.